The highest BCUT2D eigenvalue weighted by Crippen LogP contribution is 2.43. The van der Waals surface area contributed by atoms with Gasteiger partial charge >= 0.3 is 19.8 Å². The summed E-state index contributed by atoms with van der Waals surface area (Å²) in [7, 11) is -4.30. The Morgan fingerprint density at radius 2 is 0.963 bits per heavy atom. The molecule has 0 aliphatic rings. The van der Waals surface area contributed by atoms with Gasteiger partial charge < -0.3 is 14.4 Å². The Bertz CT molecular complexity index is 1150. The number of carbonyl (C=O) groups excluding carboxylic acids is 2. The van der Waals surface area contributed by atoms with Crippen LogP contribution in [0.1, 0.15) is 162 Å². The normalized spacial score (nSPS) is 14.2. The fourth-order valence-electron chi connectivity index (χ4n) is 5.16. The third-order valence-corrected chi connectivity index (χ3v) is 9.24. The molecule has 0 amide bonds. The van der Waals surface area contributed by atoms with E-state index in [0.717, 1.165) is 70.6 Å². The Morgan fingerprint density at radius 1 is 0.519 bits per heavy atom. The summed E-state index contributed by atoms with van der Waals surface area (Å²) in [4.78, 5) is 34.7. The maximum absolute atomic E-state index is 12.5. The predicted octanol–water partition coefficient (Wildman–Crippen LogP) is 13.1. The predicted molar refractivity (Wildman–Crippen MR) is 225 cm³/mol. The van der Waals surface area contributed by atoms with Crippen molar-refractivity contribution in [2.24, 2.45) is 0 Å². The third-order valence-electron chi connectivity index (χ3n) is 8.19. The van der Waals surface area contributed by atoms with E-state index in [1.807, 2.05) is 6.08 Å². The molecular weight excluding hydrogens is 699 g/mol. The van der Waals surface area contributed by atoms with Crippen LogP contribution in [0.4, 0.5) is 0 Å². The van der Waals surface area contributed by atoms with E-state index >= 15 is 0 Å². The lowest BCUT2D eigenvalue weighted by Crippen LogP contribution is -2.29. The Labute approximate surface area is 329 Å². The van der Waals surface area contributed by atoms with Gasteiger partial charge in [-0.3, -0.25) is 18.6 Å². The first-order chi connectivity index (χ1) is 26.3. The van der Waals surface area contributed by atoms with Gasteiger partial charge in [0.05, 0.1) is 13.2 Å². The number of carbonyl (C=O) groups is 2. The molecule has 1 N–H and O–H groups in total. The SMILES string of the molecule is CC/C=C\C/C=C\C/C=C\C/C=C\C/C=C\CCCC(=O)OC(COC(=O)CCCCCCCCC/C=C\C/C=C\CCCCC)COP(=O)(O)OCC. The Balaban J connectivity index is 4.23. The first kappa shape index (κ1) is 51.2. The average molecular weight is 775 g/mol. The van der Waals surface area contributed by atoms with Crippen LogP contribution < -0.4 is 0 Å². The smallest absolute Gasteiger partial charge is 0.462 e. The second-order valence-electron chi connectivity index (χ2n) is 13.3. The maximum Gasteiger partial charge on any atom is 0.472 e. The van der Waals surface area contributed by atoms with E-state index < -0.39 is 32.5 Å². The molecule has 0 aliphatic carbocycles. The maximum atomic E-state index is 12.5. The molecule has 0 saturated heterocycles. The van der Waals surface area contributed by atoms with Gasteiger partial charge in [-0.25, -0.2) is 4.57 Å². The molecule has 308 valence electrons. The summed E-state index contributed by atoms with van der Waals surface area (Å²) >= 11 is 0. The Hall–Kier alpha value is -2.77. The second kappa shape index (κ2) is 39.9. The highest BCUT2D eigenvalue weighted by Gasteiger charge is 2.25. The number of phosphoric ester groups is 1. The zero-order valence-electron chi connectivity index (χ0n) is 34.1. The number of ether oxygens (including phenoxy) is 2. The molecule has 9 heteroatoms. The van der Waals surface area contributed by atoms with E-state index in [4.69, 9.17) is 18.5 Å². The molecule has 0 radical (unpaired) electrons. The van der Waals surface area contributed by atoms with Crippen molar-refractivity contribution in [2.75, 3.05) is 19.8 Å². The van der Waals surface area contributed by atoms with Crippen molar-refractivity contribution in [3.63, 3.8) is 0 Å². The monoisotopic (exact) mass is 775 g/mol. The number of rotatable bonds is 37. The fourth-order valence-corrected chi connectivity index (χ4v) is 5.92. The molecule has 0 saturated carbocycles. The number of esters is 2. The lowest BCUT2D eigenvalue weighted by atomic mass is 10.1. The van der Waals surface area contributed by atoms with E-state index in [2.05, 4.69) is 92.8 Å². The van der Waals surface area contributed by atoms with Gasteiger partial charge in [0.15, 0.2) is 6.10 Å². The molecule has 2 unspecified atom stereocenters. The molecular formula is C45H75O8P. The van der Waals surface area contributed by atoms with Crippen LogP contribution in [0.3, 0.4) is 0 Å². The summed E-state index contributed by atoms with van der Waals surface area (Å²) in [5.41, 5.74) is 0. The molecule has 2 atom stereocenters. The van der Waals surface area contributed by atoms with Gasteiger partial charge in [0.2, 0.25) is 0 Å². The van der Waals surface area contributed by atoms with Crippen LogP contribution in [0, 0.1) is 0 Å². The zero-order chi connectivity index (χ0) is 39.6. The van der Waals surface area contributed by atoms with Crippen LogP contribution in [0.15, 0.2) is 85.1 Å². The molecule has 0 aromatic heterocycles. The van der Waals surface area contributed by atoms with E-state index in [0.29, 0.717) is 12.8 Å². The van der Waals surface area contributed by atoms with Crippen molar-refractivity contribution >= 4 is 19.8 Å². The molecule has 54 heavy (non-hydrogen) atoms. The van der Waals surface area contributed by atoms with Crippen LogP contribution >= 0.6 is 7.82 Å². The summed E-state index contributed by atoms with van der Waals surface area (Å²) < 4.78 is 32.5. The minimum Gasteiger partial charge on any atom is -0.462 e. The molecule has 0 fully saturated rings. The van der Waals surface area contributed by atoms with Crippen molar-refractivity contribution in [3.8, 4) is 0 Å². The third kappa shape index (κ3) is 38.9. The Kier molecular flexibility index (Phi) is 37.9. The van der Waals surface area contributed by atoms with Gasteiger partial charge in [-0.2, -0.15) is 0 Å². The lowest BCUT2D eigenvalue weighted by molar-refractivity contribution is -0.161. The van der Waals surface area contributed by atoms with E-state index in [1.54, 1.807) is 6.92 Å². The van der Waals surface area contributed by atoms with Crippen LogP contribution in [0.5, 0.6) is 0 Å². The van der Waals surface area contributed by atoms with Crippen LogP contribution in [-0.2, 0) is 32.7 Å². The van der Waals surface area contributed by atoms with Crippen molar-refractivity contribution in [3.05, 3.63) is 85.1 Å². The first-order valence-corrected chi connectivity index (χ1v) is 22.4. The topological polar surface area (TPSA) is 108 Å². The van der Waals surface area contributed by atoms with E-state index in [9.17, 15) is 19.0 Å². The molecule has 0 aromatic carbocycles. The number of allylic oxidation sites excluding steroid dienone is 14. The van der Waals surface area contributed by atoms with Gasteiger partial charge in [0, 0.05) is 12.8 Å². The Morgan fingerprint density at radius 3 is 1.48 bits per heavy atom. The largest absolute Gasteiger partial charge is 0.472 e. The van der Waals surface area contributed by atoms with Crippen LogP contribution in [-0.4, -0.2) is 42.8 Å². The number of hydrogen-bond acceptors (Lipinski definition) is 7. The van der Waals surface area contributed by atoms with Crippen LogP contribution in [0.2, 0.25) is 0 Å². The van der Waals surface area contributed by atoms with Gasteiger partial charge in [-0.15, -0.1) is 0 Å². The summed E-state index contributed by atoms with van der Waals surface area (Å²) in [5, 5.41) is 0. The number of phosphoric acid groups is 1. The summed E-state index contributed by atoms with van der Waals surface area (Å²) in [6.07, 6.45) is 50.7. The molecule has 0 heterocycles. The van der Waals surface area contributed by atoms with Crippen molar-refractivity contribution in [1.29, 1.82) is 0 Å². The summed E-state index contributed by atoms with van der Waals surface area (Å²) in [5.74, 6) is -0.883. The van der Waals surface area contributed by atoms with Gasteiger partial charge in [-0.1, -0.05) is 144 Å². The summed E-state index contributed by atoms with van der Waals surface area (Å²) in [6, 6.07) is 0. The summed E-state index contributed by atoms with van der Waals surface area (Å²) in [6.45, 7) is 5.24. The van der Waals surface area contributed by atoms with Crippen molar-refractivity contribution < 1.29 is 37.6 Å². The lowest BCUT2D eigenvalue weighted by Gasteiger charge is -2.19. The van der Waals surface area contributed by atoms with Crippen molar-refractivity contribution in [2.45, 2.75) is 168 Å². The van der Waals surface area contributed by atoms with Gasteiger partial charge in [0.1, 0.15) is 6.61 Å². The van der Waals surface area contributed by atoms with Crippen LogP contribution in [0.25, 0.3) is 0 Å². The molecule has 8 nitrogen and oxygen atoms in total. The molecule has 0 bridgehead atoms. The van der Waals surface area contributed by atoms with Gasteiger partial charge in [0.25, 0.3) is 0 Å². The zero-order valence-corrected chi connectivity index (χ0v) is 35.0. The van der Waals surface area contributed by atoms with E-state index in [1.165, 1.54) is 44.9 Å². The minimum absolute atomic E-state index is 0.0161. The fraction of sp³-hybridized carbons (Fsp3) is 0.644. The highest BCUT2D eigenvalue weighted by molar-refractivity contribution is 7.47. The quantitative estimate of drug-likeness (QED) is 0.0288. The molecule has 0 aliphatic heterocycles. The average Bonchev–Trinajstić information content (AvgIpc) is 3.15. The number of hydrogen-bond donors (Lipinski definition) is 1. The van der Waals surface area contributed by atoms with E-state index in [-0.39, 0.29) is 26.1 Å². The first-order valence-electron chi connectivity index (χ1n) is 20.9. The van der Waals surface area contributed by atoms with Crippen molar-refractivity contribution in [1.82, 2.24) is 0 Å². The standard InChI is InChI=1S/C45H75O8P/c1-4-7-9-11-13-15-17-19-21-23-25-27-29-31-33-35-37-39-44(46)50-41-43(42-52-54(48,49)51-6-3)53-45(47)40-38-36-34-32-30-28-26-24-22-20-18-16-14-12-10-8-5-2/h8,10,13-16,19-22,26,28,32,34,43H,4-7,9,11-12,17-18,23-25,27,29-31,33,35-42H2,1-3H3,(H,48,49)/b10-8-,15-13-,16-14-,21-19-,22-20-,28-26-,34-32-. The molecule has 0 aromatic rings. The molecule has 0 spiro atoms. The number of unbranched alkanes of at least 4 members (excludes halogenated alkanes) is 11. The molecule has 0 rings (SSSR count). The van der Waals surface area contributed by atoms with Gasteiger partial charge in [-0.05, 0) is 90.4 Å². The minimum atomic E-state index is -4.30. The highest BCUT2D eigenvalue weighted by atomic mass is 31.2. The second-order valence-corrected chi connectivity index (χ2v) is 14.7.